The Balaban J connectivity index is 1.24. The molecule has 2 saturated heterocycles. The standard InChI is InChI=1S/C30H38N4O4/c1-6-27(35)34-19(2)15-25(24-9-7-8-10-26(24)34)31-21-13-11-20(12-14-21)28(36)32-17-23-16-22(32)18-33(23)29(37)38-30(3,4)5/h7-14,19,22-23,25,31H,6,15-18H2,1-5H3/t19-,22?,23?,25+/m0/s1. The zero-order valence-corrected chi connectivity index (χ0v) is 22.9. The number of nitrogens with zero attached hydrogens (tertiary/aromatic N) is 3. The number of anilines is 2. The van der Waals surface area contributed by atoms with Crippen LogP contribution in [0.15, 0.2) is 48.5 Å². The molecule has 0 saturated carbocycles. The summed E-state index contributed by atoms with van der Waals surface area (Å²) in [5, 5.41) is 3.62. The average Bonchev–Trinajstić information content (AvgIpc) is 3.49. The van der Waals surface area contributed by atoms with E-state index in [-0.39, 0.29) is 42.1 Å². The molecular weight excluding hydrogens is 480 g/mol. The molecule has 5 rings (SSSR count). The highest BCUT2D eigenvalue weighted by molar-refractivity contribution is 5.96. The largest absolute Gasteiger partial charge is 0.444 e. The number of carbonyl (C=O) groups is 3. The summed E-state index contributed by atoms with van der Waals surface area (Å²) in [6.07, 6.45) is 1.77. The fraction of sp³-hybridized carbons (Fsp3) is 0.500. The van der Waals surface area contributed by atoms with E-state index in [9.17, 15) is 14.4 Å². The highest BCUT2D eigenvalue weighted by Gasteiger charge is 2.48. The molecule has 2 unspecified atom stereocenters. The Morgan fingerprint density at radius 3 is 2.24 bits per heavy atom. The van der Waals surface area contributed by atoms with Crippen LogP contribution in [0.2, 0.25) is 0 Å². The number of rotatable bonds is 4. The molecule has 202 valence electrons. The highest BCUT2D eigenvalue weighted by Crippen LogP contribution is 2.39. The molecule has 2 fully saturated rings. The van der Waals surface area contributed by atoms with Gasteiger partial charge in [0, 0.05) is 42.5 Å². The zero-order valence-electron chi connectivity index (χ0n) is 22.9. The Labute approximate surface area is 224 Å². The third kappa shape index (κ3) is 4.96. The first kappa shape index (κ1) is 26.1. The minimum Gasteiger partial charge on any atom is -0.444 e. The summed E-state index contributed by atoms with van der Waals surface area (Å²) in [5.41, 5.74) is 3.11. The van der Waals surface area contributed by atoms with Crippen LogP contribution in [0.5, 0.6) is 0 Å². The maximum atomic E-state index is 13.3. The summed E-state index contributed by atoms with van der Waals surface area (Å²) in [4.78, 5) is 44.0. The average molecular weight is 519 g/mol. The second kappa shape index (κ2) is 9.97. The maximum Gasteiger partial charge on any atom is 0.410 e. The number of piperazine rings is 1. The van der Waals surface area contributed by atoms with Gasteiger partial charge in [-0.05, 0) is 76.4 Å². The highest BCUT2D eigenvalue weighted by atomic mass is 16.6. The predicted molar refractivity (Wildman–Crippen MR) is 147 cm³/mol. The molecule has 3 aliphatic heterocycles. The zero-order chi connectivity index (χ0) is 27.2. The van der Waals surface area contributed by atoms with E-state index in [4.69, 9.17) is 4.74 Å². The SMILES string of the molecule is CCC(=O)N1c2ccccc2[C@H](Nc2ccc(C(=O)N3CC4CC3CN4C(=O)OC(C)(C)C)cc2)C[C@@H]1C. The summed E-state index contributed by atoms with van der Waals surface area (Å²) < 4.78 is 5.54. The maximum absolute atomic E-state index is 13.3. The number of hydrogen-bond donors (Lipinski definition) is 1. The van der Waals surface area contributed by atoms with Gasteiger partial charge >= 0.3 is 6.09 Å². The van der Waals surface area contributed by atoms with Gasteiger partial charge in [0.1, 0.15) is 5.60 Å². The van der Waals surface area contributed by atoms with E-state index >= 15 is 0 Å². The molecule has 38 heavy (non-hydrogen) atoms. The minimum atomic E-state index is -0.533. The fourth-order valence-electron chi connectivity index (χ4n) is 6.04. The number of para-hydroxylation sites is 1. The lowest BCUT2D eigenvalue weighted by Crippen LogP contribution is -2.51. The smallest absolute Gasteiger partial charge is 0.410 e. The van der Waals surface area contributed by atoms with Crippen molar-refractivity contribution in [2.45, 2.75) is 83.6 Å². The number of likely N-dealkylation sites (tertiary alicyclic amines) is 2. The molecule has 0 aromatic heterocycles. The first-order chi connectivity index (χ1) is 18.1. The Morgan fingerprint density at radius 1 is 0.947 bits per heavy atom. The monoisotopic (exact) mass is 518 g/mol. The van der Waals surface area contributed by atoms with Crippen LogP contribution in [0, 0.1) is 0 Å². The van der Waals surface area contributed by atoms with Gasteiger partial charge in [-0.15, -0.1) is 0 Å². The molecule has 2 bridgehead atoms. The summed E-state index contributed by atoms with van der Waals surface area (Å²) >= 11 is 0. The third-order valence-electron chi connectivity index (χ3n) is 7.76. The van der Waals surface area contributed by atoms with Crippen LogP contribution in [0.25, 0.3) is 0 Å². The molecule has 0 aliphatic carbocycles. The summed E-state index contributed by atoms with van der Waals surface area (Å²) in [5.74, 6) is 0.134. The van der Waals surface area contributed by atoms with Crippen molar-refractivity contribution in [2.75, 3.05) is 23.3 Å². The van der Waals surface area contributed by atoms with E-state index in [0.717, 1.165) is 29.8 Å². The first-order valence-corrected chi connectivity index (χ1v) is 13.6. The third-order valence-corrected chi connectivity index (χ3v) is 7.76. The van der Waals surface area contributed by atoms with Crippen molar-refractivity contribution in [2.24, 2.45) is 0 Å². The van der Waals surface area contributed by atoms with Crippen LogP contribution in [0.4, 0.5) is 16.2 Å². The second-order valence-electron chi connectivity index (χ2n) is 11.7. The quantitative estimate of drug-likeness (QED) is 0.601. The molecule has 2 aromatic rings. The number of carbonyl (C=O) groups excluding carboxylic acids is 3. The molecule has 0 spiro atoms. The van der Waals surface area contributed by atoms with Crippen molar-refractivity contribution in [3.63, 3.8) is 0 Å². The number of hydrogen-bond acceptors (Lipinski definition) is 5. The van der Waals surface area contributed by atoms with E-state index in [1.165, 1.54) is 0 Å². The van der Waals surface area contributed by atoms with Crippen molar-refractivity contribution in [3.05, 3.63) is 59.7 Å². The molecule has 3 aliphatic rings. The van der Waals surface area contributed by atoms with Crippen LogP contribution in [-0.4, -0.2) is 64.5 Å². The van der Waals surface area contributed by atoms with Gasteiger partial charge < -0.3 is 24.8 Å². The molecule has 4 atom stereocenters. The van der Waals surface area contributed by atoms with Crippen LogP contribution in [-0.2, 0) is 9.53 Å². The van der Waals surface area contributed by atoms with Crippen molar-refractivity contribution < 1.29 is 19.1 Å². The molecular formula is C30H38N4O4. The van der Waals surface area contributed by atoms with Gasteiger partial charge in [-0.3, -0.25) is 9.59 Å². The Hall–Kier alpha value is -3.55. The van der Waals surface area contributed by atoms with Gasteiger partial charge in [-0.2, -0.15) is 0 Å². The topological polar surface area (TPSA) is 82.2 Å². The lowest BCUT2D eigenvalue weighted by Gasteiger charge is -2.40. The van der Waals surface area contributed by atoms with Crippen molar-refractivity contribution >= 4 is 29.3 Å². The molecule has 3 heterocycles. The predicted octanol–water partition coefficient (Wildman–Crippen LogP) is 5.21. The molecule has 8 nitrogen and oxygen atoms in total. The van der Waals surface area contributed by atoms with Crippen molar-refractivity contribution in [1.82, 2.24) is 9.80 Å². The minimum absolute atomic E-state index is 0.00163. The summed E-state index contributed by atoms with van der Waals surface area (Å²) in [6, 6.07) is 15.9. The van der Waals surface area contributed by atoms with E-state index in [1.54, 1.807) is 4.90 Å². The van der Waals surface area contributed by atoms with Gasteiger partial charge in [0.25, 0.3) is 5.91 Å². The van der Waals surface area contributed by atoms with Gasteiger partial charge in [-0.1, -0.05) is 25.1 Å². The Bertz CT molecular complexity index is 1220. The lowest BCUT2D eigenvalue weighted by atomic mass is 9.91. The van der Waals surface area contributed by atoms with E-state index < -0.39 is 5.60 Å². The van der Waals surface area contributed by atoms with Gasteiger partial charge in [0.05, 0.1) is 18.1 Å². The summed E-state index contributed by atoms with van der Waals surface area (Å²) in [6.45, 7) is 10.6. The summed E-state index contributed by atoms with van der Waals surface area (Å²) in [7, 11) is 0. The van der Waals surface area contributed by atoms with Crippen LogP contribution in [0.1, 0.15) is 75.8 Å². The first-order valence-electron chi connectivity index (χ1n) is 13.6. The molecule has 2 aromatic carbocycles. The normalized spacial score (nSPS) is 24.3. The Kier molecular flexibility index (Phi) is 6.84. The van der Waals surface area contributed by atoms with Gasteiger partial charge in [0.15, 0.2) is 0 Å². The van der Waals surface area contributed by atoms with E-state index in [2.05, 4.69) is 18.3 Å². The number of amides is 3. The van der Waals surface area contributed by atoms with E-state index in [1.807, 2.05) is 80.0 Å². The van der Waals surface area contributed by atoms with Crippen LogP contribution < -0.4 is 10.2 Å². The van der Waals surface area contributed by atoms with Crippen LogP contribution in [0.3, 0.4) is 0 Å². The van der Waals surface area contributed by atoms with Gasteiger partial charge in [0.2, 0.25) is 5.91 Å². The van der Waals surface area contributed by atoms with Crippen LogP contribution >= 0.6 is 0 Å². The van der Waals surface area contributed by atoms with Crippen molar-refractivity contribution in [1.29, 1.82) is 0 Å². The lowest BCUT2D eigenvalue weighted by molar-refractivity contribution is -0.118. The molecule has 3 amide bonds. The second-order valence-corrected chi connectivity index (χ2v) is 11.7. The molecule has 1 N–H and O–H groups in total. The van der Waals surface area contributed by atoms with Gasteiger partial charge in [-0.25, -0.2) is 4.79 Å². The number of benzene rings is 2. The number of fused-ring (bicyclic) bond motifs is 3. The number of ether oxygens (including phenoxy) is 1. The number of nitrogens with one attached hydrogen (secondary N) is 1. The molecule has 8 heteroatoms. The van der Waals surface area contributed by atoms with E-state index in [0.29, 0.717) is 25.1 Å². The van der Waals surface area contributed by atoms with Crippen molar-refractivity contribution in [3.8, 4) is 0 Å². The Morgan fingerprint density at radius 2 is 1.61 bits per heavy atom. The molecule has 0 radical (unpaired) electrons. The fourth-order valence-corrected chi connectivity index (χ4v) is 6.04.